The molecule has 0 unspecified atom stereocenters. The van der Waals surface area contributed by atoms with Gasteiger partial charge in [0.05, 0.1) is 0 Å². The summed E-state index contributed by atoms with van der Waals surface area (Å²) in [5.41, 5.74) is 0.586. The van der Waals surface area contributed by atoms with Gasteiger partial charge in [0.15, 0.2) is 0 Å². The molecule has 0 aliphatic carbocycles. The topological polar surface area (TPSA) is 71.3 Å². The second-order valence-electron chi connectivity index (χ2n) is 5.63. The summed E-state index contributed by atoms with van der Waals surface area (Å²) < 4.78 is 2.72. The van der Waals surface area contributed by atoms with Crippen molar-refractivity contribution in [1.29, 1.82) is 0 Å². The maximum Gasteiger partial charge on any atom is 0.303 e. The van der Waals surface area contributed by atoms with Gasteiger partial charge in [-0.3, -0.25) is 9.59 Å². The molecule has 0 saturated heterocycles. The maximum atomic E-state index is 12.2. The van der Waals surface area contributed by atoms with Crippen molar-refractivity contribution in [2.45, 2.75) is 40.2 Å². The van der Waals surface area contributed by atoms with Crippen LogP contribution in [0.5, 0.6) is 0 Å². The van der Waals surface area contributed by atoms with Crippen LogP contribution in [0.15, 0.2) is 16.7 Å². The highest BCUT2D eigenvalue weighted by atomic mass is 79.9. The number of nitrogens with one attached hydrogen (secondary N) is 1. The number of hydrogen-bond donors (Lipinski definition) is 2. The highest BCUT2D eigenvalue weighted by Crippen LogP contribution is 2.17. The molecular weight excluding hydrogens is 336 g/mol. The van der Waals surface area contributed by atoms with Gasteiger partial charge in [-0.2, -0.15) is 0 Å². The first-order valence-corrected chi connectivity index (χ1v) is 7.98. The van der Waals surface area contributed by atoms with E-state index in [0.29, 0.717) is 24.7 Å². The first-order chi connectivity index (χ1) is 9.83. The minimum Gasteiger partial charge on any atom is -0.481 e. The Balaban J connectivity index is 2.65. The molecule has 0 bridgehead atoms. The van der Waals surface area contributed by atoms with Crippen LogP contribution < -0.4 is 5.32 Å². The highest BCUT2D eigenvalue weighted by Gasteiger charge is 2.18. The predicted molar refractivity (Wildman–Crippen MR) is 85.3 cm³/mol. The molecule has 1 aromatic rings. The average Bonchev–Trinajstić information content (AvgIpc) is 2.75. The van der Waals surface area contributed by atoms with Gasteiger partial charge < -0.3 is 15.0 Å². The third-order valence-corrected chi connectivity index (χ3v) is 3.69. The van der Waals surface area contributed by atoms with Gasteiger partial charge in [-0.15, -0.1) is 0 Å². The molecule has 1 rings (SSSR count). The van der Waals surface area contributed by atoms with E-state index < -0.39 is 5.97 Å². The van der Waals surface area contributed by atoms with Gasteiger partial charge in [-0.1, -0.05) is 13.8 Å². The number of hydrogen-bond acceptors (Lipinski definition) is 2. The van der Waals surface area contributed by atoms with Gasteiger partial charge in [-0.25, -0.2) is 0 Å². The van der Waals surface area contributed by atoms with E-state index in [1.807, 2.05) is 17.7 Å². The molecule has 0 spiro atoms. The molecule has 0 radical (unpaired) electrons. The minimum absolute atomic E-state index is 0.0417. The Labute approximate surface area is 133 Å². The zero-order valence-corrected chi connectivity index (χ0v) is 14.3. The van der Waals surface area contributed by atoms with Crippen molar-refractivity contribution >= 4 is 27.8 Å². The Kier molecular flexibility index (Phi) is 6.95. The Hall–Kier alpha value is -1.30. The maximum absolute atomic E-state index is 12.2. The number of carbonyl (C=O) groups excluding carboxylic acids is 1. The number of aliphatic carboxylic acids is 1. The van der Waals surface area contributed by atoms with Crippen LogP contribution in [0.1, 0.15) is 44.1 Å². The number of carbonyl (C=O) groups is 2. The summed E-state index contributed by atoms with van der Waals surface area (Å²) in [4.78, 5) is 23.1. The van der Waals surface area contributed by atoms with Crippen molar-refractivity contribution in [1.82, 2.24) is 9.88 Å². The van der Waals surface area contributed by atoms with E-state index in [1.165, 1.54) is 0 Å². The summed E-state index contributed by atoms with van der Waals surface area (Å²) in [5, 5.41) is 11.8. The standard InChI is InChI=1S/C15H23BrN2O3/c1-4-18-9-12(16)7-13(18)15(21)17-8-11(5-10(2)3)6-14(19)20/h7,9-11H,4-6,8H2,1-3H3,(H,17,21)(H,19,20)/t11-/m0/s1. The molecule has 0 fully saturated rings. The van der Waals surface area contributed by atoms with E-state index in [9.17, 15) is 9.59 Å². The third-order valence-electron chi connectivity index (χ3n) is 3.26. The summed E-state index contributed by atoms with van der Waals surface area (Å²) in [5.74, 6) is -0.629. The van der Waals surface area contributed by atoms with Crippen molar-refractivity contribution in [3.8, 4) is 0 Å². The van der Waals surface area contributed by atoms with Crippen LogP contribution in [0, 0.1) is 11.8 Å². The summed E-state index contributed by atoms with van der Waals surface area (Å²) >= 11 is 3.36. The monoisotopic (exact) mass is 358 g/mol. The van der Waals surface area contributed by atoms with Crippen LogP contribution in [0.25, 0.3) is 0 Å². The van der Waals surface area contributed by atoms with Crippen LogP contribution in [0.4, 0.5) is 0 Å². The third kappa shape index (κ3) is 5.91. The summed E-state index contributed by atoms with van der Waals surface area (Å²) in [6, 6.07) is 1.77. The van der Waals surface area contributed by atoms with Crippen LogP contribution in [-0.2, 0) is 11.3 Å². The van der Waals surface area contributed by atoms with Gasteiger partial charge in [-0.05, 0) is 47.2 Å². The number of rotatable bonds is 8. The number of aryl methyl sites for hydroxylation is 1. The molecule has 1 atom stereocenters. The number of amides is 1. The molecule has 6 heteroatoms. The van der Waals surface area contributed by atoms with Crippen molar-refractivity contribution in [2.24, 2.45) is 11.8 Å². The van der Waals surface area contributed by atoms with Gasteiger partial charge >= 0.3 is 5.97 Å². The lowest BCUT2D eigenvalue weighted by atomic mass is 9.94. The summed E-state index contributed by atoms with van der Waals surface area (Å²) in [6.07, 6.45) is 2.72. The van der Waals surface area contributed by atoms with E-state index in [2.05, 4.69) is 35.1 Å². The number of nitrogens with zero attached hydrogens (tertiary/aromatic N) is 1. The number of aromatic nitrogens is 1. The molecule has 21 heavy (non-hydrogen) atoms. The van der Waals surface area contributed by atoms with E-state index in [-0.39, 0.29) is 18.2 Å². The molecule has 0 saturated carbocycles. The van der Waals surface area contributed by atoms with Crippen molar-refractivity contribution in [2.75, 3.05) is 6.54 Å². The fraction of sp³-hybridized carbons (Fsp3) is 0.600. The minimum atomic E-state index is -0.824. The normalized spacial score (nSPS) is 12.4. The lowest BCUT2D eigenvalue weighted by Crippen LogP contribution is -2.32. The predicted octanol–water partition coefficient (Wildman–Crippen LogP) is 3.14. The van der Waals surface area contributed by atoms with E-state index in [4.69, 9.17) is 5.11 Å². The van der Waals surface area contributed by atoms with Crippen LogP contribution in [0.3, 0.4) is 0 Å². The van der Waals surface area contributed by atoms with Crippen molar-refractivity contribution < 1.29 is 14.7 Å². The smallest absolute Gasteiger partial charge is 0.303 e. The first kappa shape index (κ1) is 17.8. The van der Waals surface area contributed by atoms with Crippen molar-refractivity contribution in [3.05, 3.63) is 22.4 Å². The molecule has 1 aromatic heterocycles. The zero-order chi connectivity index (χ0) is 16.0. The van der Waals surface area contributed by atoms with Gasteiger partial charge in [0.1, 0.15) is 5.69 Å². The fourth-order valence-corrected chi connectivity index (χ4v) is 2.87. The molecule has 0 aromatic carbocycles. The SMILES string of the molecule is CCn1cc(Br)cc1C(=O)NC[C@H](CC(=O)O)CC(C)C. The lowest BCUT2D eigenvalue weighted by molar-refractivity contribution is -0.138. The van der Waals surface area contributed by atoms with E-state index in [1.54, 1.807) is 6.07 Å². The van der Waals surface area contributed by atoms with Gasteiger partial charge in [0.25, 0.3) is 5.91 Å². The van der Waals surface area contributed by atoms with Gasteiger partial charge in [0.2, 0.25) is 0 Å². The second-order valence-corrected chi connectivity index (χ2v) is 6.55. The number of halogens is 1. The molecule has 2 N–H and O–H groups in total. The Morgan fingerprint density at radius 1 is 1.43 bits per heavy atom. The molecular formula is C15H23BrN2O3. The molecule has 0 aliphatic rings. The summed E-state index contributed by atoms with van der Waals surface area (Å²) in [7, 11) is 0. The first-order valence-electron chi connectivity index (χ1n) is 7.19. The quantitative estimate of drug-likeness (QED) is 0.749. The highest BCUT2D eigenvalue weighted by molar-refractivity contribution is 9.10. The summed E-state index contributed by atoms with van der Waals surface area (Å²) in [6.45, 7) is 7.16. The van der Waals surface area contributed by atoms with Crippen molar-refractivity contribution in [3.63, 3.8) is 0 Å². The molecule has 118 valence electrons. The molecule has 5 nitrogen and oxygen atoms in total. The Morgan fingerprint density at radius 2 is 2.10 bits per heavy atom. The zero-order valence-electron chi connectivity index (χ0n) is 12.7. The molecule has 1 heterocycles. The van der Waals surface area contributed by atoms with E-state index in [0.717, 1.165) is 10.9 Å². The molecule has 0 aliphatic heterocycles. The lowest BCUT2D eigenvalue weighted by Gasteiger charge is -2.18. The second kappa shape index (κ2) is 8.22. The van der Waals surface area contributed by atoms with E-state index >= 15 is 0 Å². The Bertz CT molecular complexity index is 497. The van der Waals surface area contributed by atoms with Crippen LogP contribution in [-0.4, -0.2) is 28.1 Å². The molecule has 1 amide bonds. The average molecular weight is 359 g/mol. The largest absolute Gasteiger partial charge is 0.481 e. The number of carboxylic acid groups (broad SMARTS) is 1. The van der Waals surface area contributed by atoms with Crippen LogP contribution in [0.2, 0.25) is 0 Å². The Morgan fingerprint density at radius 3 is 2.62 bits per heavy atom. The fourth-order valence-electron chi connectivity index (χ4n) is 2.41. The van der Waals surface area contributed by atoms with Crippen LogP contribution >= 0.6 is 15.9 Å². The number of carboxylic acids is 1. The van der Waals surface area contributed by atoms with Gasteiger partial charge in [0, 0.05) is 30.2 Å².